The van der Waals surface area contributed by atoms with Gasteiger partial charge in [-0.1, -0.05) is 30.3 Å². The third kappa shape index (κ3) is 2.50. The van der Waals surface area contributed by atoms with Gasteiger partial charge in [0.05, 0.1) is 5.52 Å². The molecule has 1 aromatic heterocycles. The van der Waals surface area contributed by atoms with Crippen molar-refractivity contribution in [1.29, 1.82) is 0 Å². The van der Waals surface area contributed by atoms with Gasteiger partial charge >= 0.3 is 0 Å². The lowest BCUT2D eigenvalue weighted by Crippen LogP contribution is -1.91. The first kappa shape index (κ1) is 11.9. The molecule has 3 rings (SSSR count). The maximum absolute atomic E-state index is 4.36. The molecule has 1 heteroatoms. The minimum Gasteiger partial charge on any atom is -0.256 e. The van der Waals surface area contributed by atoms with E-state index in [4.69, 9.17) is 0 Å². The van der Waals surface area contributed by atoms with Crippen LogP contribution in [-0.2, 0) is 6.42 Å². The Morgan fingerprint density at radius 1 is 0.842 bits per heavy atom. The molecule has 19 heavy (non-hydrogen) atoms. The molecule has 1 heterocycles. The van der Waals surface area contributed by atoms with Crippen LogP contribution in [0, 0.1) is 13.8 Å². The summed E-state index contributed by atoms with van der Waals surface area (Å²) in [7, 11) is 0. The van der Waals surface area contributed by atoms with Gasteiger partial charge in [0.15, 0.2) is 0 Å². The van der Waals surface area contributed by atoms with E-state index in [-0.39, 0.29) is 0 Å². The van der Waals surface area contributed by atoms with Crippen LogP contribution in [0.25, 0.3) is 10.9 Å². The van der Waals surface area contributed by atoms with E-state index in [1.165, 1.54) is 27.6 Å². The standard InChI is InChI=1S/C18H17N/c1-13-5-6-15(10-14(13)2)11-16-7-8-18-17(12-16)4-3-9-19-18/h3-10,12H,11H2,1-2H3. The average molecular weight is 247 g/mol. The molecule has 0 bridgehead atoms. The van der Waals surface area contributed by atoms with E-state index >= 15 is 0 Å². The first-order chi connectivity index (χ1) is 9.22. The Bertz CT molecular complexity index is 729. The van der Waals surface area contributed by atoms with Crippen molar-refractivity contribution in [2.45, 2.75) is 20.3 Å². The SMILES string of the molecule is Cc1ccc(Cc2ccc3ncccc3c2)cc1C. The summed E-state index contributed by atoms with van der Waals surface area (Å²) in [5, 5.41) is 1.21. The summed E-state index contributed by atoms with van der Waals surface area (Å²) in [6.07, 6.45) is 2.82. The maximum atomic E-state index is 4.36. The number of rotatable bonds is 2. The van der Waals surface area contributed by atoms with Crippen molar-refractivity contribution >= 4 is 10.9 Å². The van der Waals surface area contributed by atoms with Crippen molar-refractivity contribution in [3.05, 3.63) is 77.0 Å². The molecule has 1 nitrogen and oxygen atoms in total. The van der Waals surface area contributed by atoms with Gasteiger partial charge in [0.1, 0.15) is 0 Å². The summed E-state index contributed by atoms with van der Waals surface area (Å²) in [4.78, 5) is 4.36. The summed E-state index contributed by atoms with van der Waals surface area (Å²) in [5.74, 6) is 0. The molecule has 0 atom stereocenters. The van der Waals surface area contributed by atoms with Crippen molar-refractivity contribution in [2.24, 2.45) is 0 Å². The molecule has 0 radical (unpaired) electrons. The Morgan fingerprint density at radius 3 is 2.47 bits per heavy atom. The molecule has 0 spiro atoms. The monoisotopic (exact) mass is 247 g/mol. The van der Waals surface area contributed by atoms with Crippen LogP contribution in [0.5, 0.6) is 0 Å². The summed E-state index contributed by atoms with van der Waals surface area (Å²) in [6, 6.07) is 17.3. The summed E-state index contributed by atoms with van der Waals surface area (Å²) >= 11 is 0. The van der Waals surface area contributed by atoms with Crippen molar-refractivity contribution in [2.75, 3.05) is 0 Å². The highest BCUT2D eigenvalue weighted by Crippen LogP contribution is 2.18. The highest BCUT2D eigenvalue weighted by Gasteiger charge is 2.00. The second-order valence-electron chi connectivity index (χ2n) is 5.13. The van der Waals surface area contributed by atoms with E-state index in [0.29, 0.717) is 0 Å². The predicted molar refractivity (Wildman–Crippen MR) is 80.5 cm³/mol. The van der Waals surface area contributed by atoms with Crippen molar-refractivity contribution in [3.8, 4) is 0 Å². The fraction of sp³-hybridized carbons (Fsp3) is 0.167. The van der Waals surface area contributed by atoms with E-state index in [2.05, 4.69) is 61.3 Å². The number of nitrogens with zero attached hydrogens (tertiary/aromatic N) is 1. The molecule has 0 aliphatic carbocycles. The zero-order valence-electron chi connectivity index (χ0n) is 11.4. The number of pyridine rings is 1. The van der Waals surface area contributed by atoms with E-state index < -0.39 is 0 Å². The lowest BCUT2D eigenvalue weighted by atomic mass is 9.99. The smallest absolute Gasteiger partial charge is 0.0702 e. The highest BCUT2D eigenvalue weighted by atomic mass is 14.6. The van der Waals surface area contributed by atoms with Gasteiger partial charge in [0.25, 0.3) is 0 Å². The topological polar surface area (TPSA) is 12.9 Å². The molecule has 0 aliphatic rings. The van der Waals surface area contributed by atoms with Gasteiger partial charge < -0.3 is 0 Å². The van der Waals surface area contributed by atoms with Gasteiger partial charge in [-0.3, -0.25) is 4.98 Å². The van der Waals surface area contributed by atoms with Crippen LogP contribution in [0.15, 0.2) is 54.7 Å². The number of aromatic nitrogens is 1. The van der Waals surface area contributed by atoms with Gasteiger partial charge in [-0.2, -0.15) is 0 Å². The largest absolute Gasteiger partial charge is 0.256 e. The maximum Gasteiger partial charge on any atom is 0.0702 e. The van der Waals surface area contributed by atoms with E-state index in [9.17, 15) is 0 Å². The van der Waals surface area contributed by atoms with E-state index in [0.717, 1.165) is 11.9 Å². The zero-order valence-corrected chi connectivity index (χ0v) is 11.4. The van der Waals surface area contributed by atoms with Crippen LogP contribution in [0.1, 0.15) is 22.3 Å². The van der Waals surface area contributed by atoms with Crippen molar-refractivity contribution in [1.82, 2.24) is 4.98 Å². The third-order valence-corrected chi connectivity index (χ3v) is 3.65. The third-order valence-electron chi connectivity index (χ3n) is 3.65. The Morgan fingerprint density at radius 2 is 1.63 bits per heavy atom. The fourth-order valence-corrected chi connectivity index (χ4v) is 2.38. The highest BCUT2D eigenvalue weighted by molar-refractivity contribution is 5.79. The summed E-state index contributed by atoms with van der Waals surface area (Å²) in [5.41, 5.74) is 6.48. The van der Waals surface area contributed by atoms with E-state index in [1.54, 1.807) is 0 Å². The Labute approximate surface area is 113 Å². The number of aryl methyl sites for hydroxylation is 2. The molecule has 0 fully saturated rings. The molecule has 3 aromatic rings. The van der Waals surface area contributed by atoms with Crippen LogP contribution in [0.4, 0.5) is 0 Å². The summed E-state index contributed by atoms with van der Waals surface area (Å²) < 4.78 is 0. The minimum atomic E-state index is 0.978. The van der Waals surface area contributed by atoms with Crippen LogP contribution in [0.2, 0.25) is 0 Å². The molecule has 0 N–H and O–H groups in total. The second-order valence-corrected chi connectivity index (χ2v) is 5.13. The molecule has 0 saturated heterocycles. The first-order valence-corrected chi connectivity index (χ1v) is 6.62. The van der Waals surface area contributed by atoms with Gasteiger partial charge in [0, 0.05) is 11.6 Å². The first-order valence-electron chi connectivity index (χ1n) is 6.62. The second kappa shape index (κ2) is 4.85. The van der Waals surface area contributed by atoms with Crippen LogP contribution in [-0.4, -0.2) is 4.98 Å². The van der Waals surface area contributed by atoms with Crippen molar-refractivity contribution in [3.63, 3.8) is 0 Å². The number of hydrogen-bond donors (Lipinski definition) is 0. The van der Waals surface area contributed by atoms with E-state index in [1.807, 2.05) is 12.3 Å². The summed E-state index contributed by atoms with van der Waals surface area (Å²) in [6.45, 7) is 4.32. The molecule has 0 unspecified atom stereocenters. The molecule has 0 aliphatic heterocycles. The molecule has 0 saturated carbocycles. The average Bonchev–Trinajstić information content (AvgIpc) is 2.43. The molecule has 0 amide bonds. The minimum absolute atomic E-state index is 0.978. The molecule has 94 valence electrons. The Hall–Kier alpha value is -2.15. The van der Waals surface area contributed by atoms with Gasteiger partial charge in [0.2, 0.25) is 0 Å². The lowest BCUT2D eigenvalue weighted by Gasteiger charge is -2.06. The van der Waals surface area contributed by atoms with Crippen LogP contribution < -0.4 is 0 Å². The van der Waals surface area contributed by atoms with Gasteiger partial charge in [-0.15, -0.1) is 0 Å². The van der Waals surface area contributed by atoms with Gasteiger partial charge in [-0.25, -0.2) is 0 Å². The molecular formula is C18H17N. The van der Waals surface area contributed by atoms with Crippen LogP contribution >= 0.6 is 0 Å². The normalized spacial score (nSPS) is 10.8. The number of hydrogen-bond acceptors (Lipinski definition) is 1. The van der Waals surface area contributed by atoms with Crippen LogP contribution in [0.3, 0.4) is 0 Å². The van der Waals surface area contributed by atoms with Gasteiger partial charge in [-0.05, 0) is 60.7 Å². The number of fused-ring (bicyclic) bond motifs is 1. The Balaban J connectivity index is 1.94. The molecular weight excluding hydrogens is 230 g/mol. The lowest BCUT2D eigenvalue weighted by molar-refractivity contribution is 1.17. The predicted octanol–water partition coefficient (Wildman–Crippen LogP) is 4.44. The zero-order chi connectivity index (χ0) is 13.2. The number of benzene rings is 2. The molecule has 2 aromatic carbocycles. The van der Waals surface area contributed by atoms with Crippen molar-refractivity contribution < 1.29 is 0 Å². The quantitative estimate of drug-likeness (QED) is 0.652. The fourth-order valence-electron chi connectivity index (χ4n) is 2.38. The Kier molecular flexibility index (Phi) is 3.04.